The van der Waals surface area contributed by atoms with Gasteiger partial charge < -0.3 is 9.64 Å². The van der Waals surface area contributed by atoms with E-state index in [-0.39, 0.29) is 5.91 Å². The van der Waals surface area contributed by atoms with Gasteiger partial charge in [0.1, 0.15) is 5.75 Å². The molecule has 0 saturated heterocycles. The molecule has 0 fully saturated rings. The molecule has 0 aliphatic carbocycles. The van der Waals surface area contributed by atoms with Crippen LogP contribution in [0.25, 0.3) is 0 Å². The Bertz CT molecular complexity index is 386. The second-order valence-corrected chi connectivity index (χ2v) is 4.44. The number of nitrogens with zero attached hydrogens (tertiary/aromatic N) is 1. The van der Waals surface area contributed by atoms with Crippen molar-refractivity contribution in [1.29, 1.82) is 0 Å². The molecule has 17 heavy (non-hydrogen) atoms. The van der Waals surface area contributed by atoms with Gasteiger partial charge in [0, 0.05) is 20.5 Å². The molecule has 3 heteroatoms. The maximum atomic E-state index is 11.3. The van der Waals surface area contributed by atoms with Crippen molar-refractivity contribution in [3.05, 3.63) is 29.3 Å². The van der Waals surface area contributed by atoms with E-state index >= 15 is 0 Å². The number of hydrogen-bond donors (Lipinski definition) is 0. The summed E-state index contributed by atoms with van der Waals surface area (Å²) >= 11 is 0. The summed E-state index contributed by atoms with van der Waals surface area (Å²) < 4.78 is 5.68. The van der Waals surface area contributed by atoms with Crippen LogP contribution >= 0.6 is 0 Å². The van der Waals surface area contributed by atoms with Gasteiger partial charge in [0.15, 0.2) is 0 Å². The molecule has 1 aromatic rings. The molecule has 0 spiro atoms. The number of hydrogen-bond acceptors (Lipinski definition) is 2. The summed E-state index contributed by atoms with van der Waals surface area (Å²) in [6, 6.07) is 6.02. The minimum Gasteiger partial charge on any atom is -0.493 e. The van der Waals surface area contributed by atoms with Crippen molar-refractivity contribution in [2.75, 3.05) is 20.7 Å². The fraction of sp³-hybridized carbons (Fsp3) is 0.500. The number of carbonyl (C=O) groups is 1. The number of amides is 1. The Kier molecular flexibility index (Phi) is 5.01. The lowest BCUT2D eigenvalue weighted by Gasteiger charge is -2.12. The maximum absolute atomic E-state index is 11.3. The van der Waals surface area contributed by atoms with Crippen molar-refractivity contribution in [2.45, 2.75) is 26.7 Å². The predicted octanol–water partition coefficient (Wildman–Crippen LogP) is 2.55. The average Bonchev–Trinajstić information content (AvgIpc) is 2.29. The molecule has 0 bridgehead atoms. The molecular formula is C14H21NO2. The molecular weight excluding hydrogens is 214 g/mol. The van der Waals surface area contributed by atoms with Crippen molar-refractivity contribution in [2.24, 2.45) is 0 Å². The van der Waals surface area contributed by atoms with E-state index in [1.165, 1.54) is 11.1 Å². The number of ether oxygens (including phenoxy) is 1. The third-order valence-electron chi connectivity index (χ3n) is 2.85. The molecule has 0 N–H and O–H groups in total. The molecule has 94 valence electrons. The third-order valence-corrected chi connectivity index (χ3v) is 2.85. The highest BCUT2D eigenvalue weighted by Gasteiger charge is 2.04. The zero-order chi connectivity index (χ0) is 12.8. The van der Waals surface area contributed by atoms with E-state index in [0.29, 0.717) is 13.0 Å². The third kappa shape index (κ3) is 4.10. The Hall–Kier alpha value is -1.51. The van der Waals surface area contributed by atoms with Crippen molar-refractivity contribution in [3.63, 3.8) is 0 Å². The van der Waals surface area contributed by atoms with Gasteiger partial charge in [-0.2, -0.15) is 0 Å². The Morgan fingerprint density at radius 1 is 1.29 bits per heavy atom. The van der Waals surface area contributed by atoms with E-state index in [9.17, 15) is 4.79 Å². The number of rotatable bonds is 5. The summed E-state index contributed by atoms with van der Waals surface area (Å²) in [4.78, 5) is 13.0. The van der Waals surface area contributed by atoms with Crippen molar-refractivity contribution >= 4 is 5.91 Å². The smallest absolute Gasteiger partial charge is 0.222 e. The van der Waals surface area contributed by atoms with Crippen LogP contribution in [0.15, 0.2) is 18.2 Å². The lowest BCUT2D eigenvalue weighted by atomic mass is 10.1. The molecule has 0 aliphatic heterocycles. The normalized spacial score (nSPS) is 10.1. The van der Waals surface area contributed by atoms with Gasteiger partial charge in [0.2, 0.25) is 5.91 Å². The Morgan fingerprint density at radius 3 is 2.65 bits per heavy atom. The minimum atomic E-state index is 0.148. The fourth-order valence-corrected chi connectivity index (χ4v) is 1.51. The Labute approximate surface area is 103 Å². The van der Waals surface area contributed by atoms with Crippen LogP contribution in [-0.2, 0) is 4.79 Å². The van der Waals surface area contributed by atoms with Gasteiger partial charge in [-0.15, -0.1) is 0 Å². The molecule has 3 nitrogen and oxygen atoms in total. The van der Waals surface area contributed by atoms with E-state index < -0.39 is 0 Å². The first-order valence-corrected chi connectivity index (χ1v) is 5.91. The number of carbonyl (C=O) groups excluding carboxylic acids is 1. The average molecular weight is 235 g/mol. The standard InChI is InChI=1S/C14H21NO2/c1-11-7-5-8-13(12(11)2)17-10-6-9-14(16)15(3)4/h5,7-8H,6,9-10H2,1-4H3. The molecule has 0 saturated carbocycles. The van der Waals surface area contributed by atoms with Gasteiger partial charge in [0.25, 0.3) is 0 Å². The van der Waals surface area contributed by atoms with Crippen LogP contribution in [0.3, 0.4) is 0 Å². The van der Waals surface area contributed by atoms with Crippen LogP contribution in [0, 0.1) is 13.8 Å². The van der Waals surface area contributed by atoms with Crippen molar-refractivity contribution in [1.82, 2.24) is 4.90 Å². The second kappa shape index (κ2) is 6.28. The van der Waals surface area contributed by atoms with Crippen LogP contribution in [-0.4, -0.2) is 31.5 Å². The second-order valence-electron chi connectivity index (χ2n) is 4.44. The van der Waals surface area contributed by atoms with Crippen LogP contribution < -0.4 is 4.74 Å². The van der Waals surface area contributed by atoms with E-state index in [0.717, 1.165) is 12.2 Å². The molecule has 0 aromatic heterocycles. The lowest BCUT2D eigenvalue weighted by Crippen LogP contribution is -2.21. The SMILES string of the molecule is Cc1cccc(OCCCC(=O)N(C)C)c1C. The molecule has 0 atom stereocenters. The highest BCUT2D eigenvalue weighted by molar-refractivity contribution is 5.75. The molecule has 0 radical (unpaired) electrons. The van der Waals surface area contributed by atoms with Gasteiger partial charge in [-0.25, -0.2) is 0 Å². The summed E-state index contributed by atoms with van der Waals surface area (Å²) in [5, 5.41) is 0. The largest absolute Gasteiger partial charge is 0.493 e. The van der Waals surface area contributed by atoms with Gasteiger partial charge in [-0.05, 0) is 37.5 Å². The zero-order valence-corrected chi connectivity index (χ0v) is 11.1. The lowest BCUT2D eigenvalue weighted by molar-refractivity contribution is -0.128. The Morgan fingerprint density at radius 2 is 2.00 bits per heavy atom. The topological polar surface area (TPSA) is 29.5 Å². The van der Waals surface area contributed by atoms with E-state index in [1.807, 2.05) is 12.1 Å². The van der Waals surface area contributed by atoms with Crippen molar-refractivity contribution in [3.8, 4) is 5.75 Å². The highest BCUT2D eigenvalue weighted by atomic mass is 16.5. The van der Waals surface area contributed by atoms with E-state index in [4.69, 9.17) is 4.74 Å². The van der Waals surface area contributed by atoms with E-state index in [2.05, 4.69) is 19.9 Å². The predicted molar refractivity (Wildman–Crippen MR) is 69.3 cm³/mol. The summed E-state index contributed by atoms with van der Waals surface area (Å²) in [7, 11) is 3.54. The van der Waals surface area contributed by atoms with Gasteiger partial charge >= 0.3 is 0 Å². The number of aryl methyl sites for hydroxylation is 1. The summed E-state index contributed by atoms with van der Waals surface area (Å²) in [6.45, 7) is 4.71. The van der Waals surface area contributed by atoms with E-state index in [1.54, 1.807) is 19.0 Å². The summed E-state index contributed by atoms with van der Waals surface area (Å²) in [6.07, 6.45) is 1.29. The Balaban J connectivity index is 2.36. The molecule has 1 amide bonds. The molecule has 0 unspecified atom stereocenters. The summed E-state index contributed by atoms with van der Waals surface area (Å²) in [5.74, 6) is 1.07. The minimum absolute atomic E-state index is 0.148. The van der Waals surface area contributed by atoms with Crippen LogP contribution in [0.5, 0.6) is 5.75 Å². The van der Waals surface area contributed by atoms with Crippen LogP contribution in [0.1, 0.15) is 24.0 Å². The van der Waals surface area contributed by atoms with Crippen LogP contribution in [0.2, 0.25) is 0 Å². The molecule has 1 aromatic carbocycles. The monoisotopic (exact) mass is 235 g/mol. The number of benzene rings is 1. The van der Waals surface area contributed by atoms with Gasteiger partial charge in [0.05, 0.1) is 6.61 Å². The van der Waals surface area contributed by atoms with Crippen molar-refractivity contribution < 1.29 is 9.53 Å². The quantitative estimate of drug-likeness (QED) is 0.734. The summed E-state index contributed by atoms with van der Waals surface area (Å²) in [5.41, 5.74) is 2.40. The highest BCUT2D eigenvalue weighted by Crippen LogP contribution is 2.20. The van der Waals surface area contributed by atoms with Gasteiger partial charge in [-0.3, -0.25) is 4.79 Å². The molecule has 0 aliphatic rings. The van der Waals surface area contributed by atoms with Crippen LogP contribution in [0.4, 0.5) is 0 Å². The first kappa shape index (κ1) is 13.6. The van der Waals surface area contributed by atoms with Gasteiger partial charge in [-0.1, -0.05) is 12.1 Å². The zero-order valence-electron chi connectivity index (χ0n) is 11.1. The molecule has 1 rings (SSSR count). The first-order chi connectivity index (χ1) is 8.02. The molecule has 0 heterocycles. The maximum Gasteiger partial charge on any atom is 0.222 e. The first-order valence-electron chi connectivity index (χ1n) is 5.91. The fourth-order valence-electron chi connectivity index (χ4n) is 1.51.